The molecule has 1 saturated carbocycles. The lowest BCUT2D eigenvalue weighted by molar-refractivity contribution is 0.00927. The Morgan fingerprint density at radius 3 is 2.55 bits per heavy atom. The molecule has 0 bridgehead atoms. The molecule has 1 aliphatic heterocycles. The van der Waals surface area contributed by atoms with Crippen molar-refractivity contribution in [2.24, 2.45) is 0 Å². The van der Waals surface area contributed by atoms with Gasteiger partial charge >= 0.3 is 5.97 Å². The second kappa shape index (κ2) is 12.6. The van der Waals surface area contributed by atoms with Crippen LogP contribution in [0.4, 0.5) is 0 Å². The number of amides is 1. The number of nitrogens with one attached hydrogen (secondary N) is 2. The lowest BCUT2D eigenvalue weighted by Gasteiger charge is -2.50. The van der Waals surface area contributed by atoms with E-state index in [1.165, 1.54) is 0 Å². The van der Waals surface area contributed by atoms with Gasteiger partial charge in [-0.05, 0) is 59.2 Å². The van der Waals surface area contributed by atoms with Crippen LogP contribution >= 0.6 is 34.5 Å². The van der Waals surface area contributed by atoms with Crippen molar-refractivity contribution in [3.63, 3.8) is 0 Å². The van der Waals surface area contributed by atoms with E-state index in [9.17, 15) is 28.2 Å². The van der Waals surface area contributed by atoms with Crippen LogP contribution in [0.25, 0.3) is 0 Å². The number of aliphatic hydroxyl groups excluding tert-OH is 1. The summed E-state index contributed by atoms with van der Waals surface area (Å²) in [5, 5.41) is 26.7. The van der Waals surface area contributed by atoms with Gasteiger partial charge in [-0.15, -0.1) is 11.3 Å². The van der Waals surface area contributed by atoms with Crippen molar-refractivity contribution in [3.8, 4) is 0 Å². The number of aliphatic hydroxyl groups is 1. The first kappa shape index (κ1) is 30.9. The number of carboxylic acid groups (broad SMARTS) is 1. The molecule has 0 radical (unpaired) electrons. The number of carbonyl (C=O) groups is 2. The van der Waals surface area contributed by atoms with E-state index in [-0.39, 0.29) is 17.3 Å². The number of aromatic carboxylic acids is 1. The van der Waals surface area contributed by atoms with E-state index in [4.69, 9.17) is 23.2 Å². The molecular formula is C29H31Cl2N3O6S2. The molecule has 1 unspecified atom stereocenters. The third-order valence-electron chi connectivity index (χ3n) is 7.88. The van der Waals surface area contributed by atoms with E-state index < -0.39 is 46.3 Å². The van der Waals surface area contributed by atoms with Crippen molar-refractivity contribution in [3.05, 3.63) is 91.1 Å². The molecule has 1 amide bonds. The number of carbonyl (C=O) groups excluding carboxylic acids is 1. The highest BCUT2D eigenvalue weighted by atomic mass is 35.5. The minimum Gasteiger partial charge on any atom is -0.477 e. The minimum atomic E-state index is -3.58. The van der Waals surface area contributed by atoms with Gasteiger partial charge in [0.15, 0.2) is 0 Å². The maximum absolute atomic E-state index is 14.3. The maximum Gasteiger partial charge on any atom is 0.345 e. The van der Waals surface area contributed by atoms with Gasteiger partial charge in [0.2, 0.25) is 10.0 Å². The summed E-state index contributed by atoms with van der Waals surface area (Å²) in [5.41, 5.74) is 2.30. The van der Waals surface area contributed by atoms with E-state index in [1.807, 2.05) is 0 Å². The topological polar surface area (TPSA) is 136 Å². The Morgan fingerprint density at radius 1 is 1.12 bits per heavy atom. The number of nitrogens with zero attached hydrogens (tertiary/aromatic N) is 1. The second-order valence-electron chi connectivity index (χ2n) is 10.7. The lowest BCUT2D eigenvalue weighted by Crippen LogP contribution is -2.59. The van der Waals surface area contributed by atoms with Crippen LogP contribution in [0.3, 0.4) is 0 Å². The van der Waals surface area contributed by atoms with Gasteiger partial charge in [-0.25, -0.2) is 17.9 Å². The highest BCUT2D eigenvalue weighted by Gasteiger charge is 2.49. The summed E-state index contributed by atoms with van der Waals surface area (Å²) >= 11 is 14.1. The van der Waals surface area contributed by atoms with Gasteiger partial charge in [0.1, 0.15) is 11.1 Å². The number of hydrogen-bond donors (Lipinski definition) is 4. The van der Waals surface area contributed by atoms with Crippen LogP contribution in [-0.4, -0.2) is 60.0 Å². The van der Waals surface area contributed by atoms with Crippen LogP contribution in [0.1, 0.15) is 74.4 Å². The second-order valence-corrected chi connectivity index (χ2v) is 14.3. The lowest BCUT2D eigenvalue weighted by atomic mass is 9.76. The molecule has 1 aromatic heterocycles. The molecule has 1 aliphatic carbocycles. The van der Waals surface area contributed by atoms with Gasteiger partial charge in [-0.2, -0.15) is 0 Å². The Kier molecular flexibility index (Phi) is 9.29. The summed E-state index contributed by atoms with van der Waals surface area (Å²) in [4.78, 5) is 27.6. The van der Waals surface area contributed by atoms with Crippen molar-refractivity contribution in [2.75, 3.05) is 6.26 Å². The van der Waals surface area contributed by atoms with Crippen LogP contribution in [0.5, 0.6) is 0 Å². The smallest absolute Gasteiger partial charge is 0.345 e. The number of thiophene rings is 1. The fraction of sp³-hybridized carbons (Fsp3) is 0.379. The molecule has 5 rings (SSSR count). The van der Waals surface area contributed by atoms with Gasteiger partial charge < -0.3 is 15.1 Å². The zero-order valence-electron chi connectivity index (χ0n) is 22.7. The van der Waals surface area contributed by atoms with Gasteiger partial charge in [0, 0.05) is 40.2 Å². The molecule has 4 N–H and O–H groups in total. The third-order valence-corrected chi connectivity index (χ3v) is 10.1. The average Bonchev–Trinajstić information content (AvgIpc) is 3.41. The largest absolute Gasteiger partial charge is 0.477 e. The van der Waals surface area contributed by atoms with E-state index in [2.05, 4.69) is 10.0 Å². The van der Waals surface area contributed by atoms with E-state index in [1.54, 1.807) is 58.8 Å². The summed E-state index contributed by atoms with van der Waals surface area (Å²) in [7, 11) is -3.58. The number of fused-ring (bicyclic) bond motifs is 1. The number of hydrogen-bond acceptors (Lipinski definition) is 7. The summed E-state index contributed by atoms with van der Waals surface area (Å²) in [5.74, 6) is -2.01. The quantitative estimate of drug-likeness (QED) is 0.239. The molecule has 13 heteroatoms. The standard InChI is InChI=1S/C29H31Cl2N3O6S2/c1-42(39,40)33-22-8-4-5-9-23(22)34-26(20-11-10-17(30)13-21(20)31)25(18-6-2-3-7-19(18)28(34)36)27(35)32-14-16-12-24(29(37)38)41-15-16/h2-3,6-7,10-13,15,22-23,25-27,32-33,35H,4-5,8-9,14H2,1H3,(H,37,38)/t22-,23-,25+,26-,27?/m0/s1. The first-order valence-electron chi connectivity index (χ1n) is 13.5. The van der Waals surface area contributed by atoms with Crippen molar-refractivity contribution in [2.45, 2.75) is 62.5 Å². The number of sulfonamides is 1. The fourth-order valence-corrected chi connectivity index (χ4v) is 8.26. The molecule has 9 nitrogen and oxygen atoms in total. The minimum absolute atomic E-state index is 0.181. The first-order valence-corrected chi connectivity index (χ1v) is 17.0. The predicted octanol–water partition coefficient (Wildman–Crippen LogP) is 5.00. The van der Waals surface area contributed by atoms with Crippen LogP contribution in [0.2, 0.25) is 10.0 Å². The Bertz CT molecular complexity index is 1600. The van der Waals surface area contributed by atoms with Gasteiger partial charge in [-0.1, -0.05) is 60.3 Å². The third kappa shape index (κ3) is 6.52. The molecule has 5 atom stereocenters. The summed E-state index contributed by atoms with van der Waals surface area (Å²) in [6.45, 7) is 0.181. The molecule has 2 aromatic carbocycles. The number of carboxylic acids is 1. The number of benzene rings is 2. The molecule has 0 saturated heterocycles. The number of rotatable bonds is 9. The Balaban J connectivity index is 1.62. The molecule has 2 heterocycles. The molecular weight excluding hydrogens is 621 g/mol. The predicted molar refractivity (Wildman–Crippen MR) is 163 cm³/mol. The normalized spacial score (nSPS) is 23.4. The first-order chi connectivity index (χ1) is 19.9. The summed E-state index contributed by atoms with van der Waals surface area (Å²) in [6.07, 6.45) is 2.63. The van der Waals surface area contributed by atoms with Crippen molar-refractivity contribution in [1.29, 1.82) is 0 Å². The fourth-order valence-electron chi connectivity index (χ4n) is 6.16. The summed E-state index contributed by atoms with van der Waals surface area (Å²) < 4.78 is 27.4. The van der Waals surface area contributed by atoms with Crippen molar-refractivity contribution < 1.29 is 28.2 Å². The molecule has 3 aromatic rings. The van der Waals surface area contributed by atoms with Gasteiger partial charge in [0.25, 0.3) is 5.91 Å². The van der Waals surface area contributed by atoms with Crippen molar-refractivity contribution in [1.82, 2.24) is 14.9 Å². The molecule has 224 valence electrons. The van der Waals surface area contributed by atoms with Gasteiger partial charge in [0.05, 0.1) is 12.3 Å². The van der Waals surface area contributed by atoms with Crippen LogP contribution in [0.15, 0.2) is 53.9 Å². The van der Waals surface area contributed by atoms with Crippen LogP contribution in [-0.2, 0) is 16.6 Å². The molecule has 42 heavy (non-hydrogen) atoms. The van der Waals surface area contributed by atoms with Crippen LogP contribution < -0.4 is 10.0 Å². The number of halogens is 2. The Hall–Kier alpha value is -2.51. The van der Waals surface area contributed by atoms with Crippen molar-refractivity contribution >= 4 is 56.4 Å². The molecule has 0 spiro atoms. The molecule has 2 aliphatic rings. The zero-order chi connectivity index (χ0) is 30.2. The van der Waals surface area contributed by atoms with E-state index in [0.717, 1.165) is 30.4 Å². The van der Waals surface area contributed by atoms with E-state index in [0.29, 0.717) is 45.1 Å². The Morgan fingerprint density at radius 2 is 1.86 bits per heavy atom. The zero-order valence-corrected chi connectivity index (χ0v) is 25.8. The average molecular weight is 653 g/mol. The Labute approximate surface area is 258 Å². The summed E-state index contributed by atoms with van der Waals surface area (Å²) in [6, 6.07) is 11.8. The van der Waals surface area contributed by atoms with Crippen LogP contribution in [0, 0.1) is 0 Å². The SMILES string of the molecule is CS(=O)(=O)N[C@H]1CCCC[C@@H]1N1C(=O)c2ccccc2[C@@H](C(O)NCc2csc(C(=O)O)c2)[C@@H]1c1ccc(Cl)cc1Cl. The monoisotopic (exact) mass is 651 g/mol. The maximum atomic E-state index is 14.3. The van der Waals surface area contributed by atoms with Gasteiger partial charge in [-0.3, -0.25) is 10.1 Å². The highest BCUT2D eigenvalue weighted by molar-refractivity contribution is 7.88. The highest BCUT2D eigenvalue weighted by Crippen LogP contribution is 2.48. The molecule has 1 fully saturated rings. The van der Waals surface area contributed by atoms with E-state index >= 15 is 0 Å².